The molecule has 0 unspecified atom stereocenters. The van der Waals surface area contributed by atoms with Crippen molar-refractivity contribution >= 4 is 95.9 Å². The number of anilines is 2. The van der Waals surface area contributed by atoms with Crippen molar-refractivity contribution in [1.82, 2.24) is 9.80 Å². The van der Waals surface area contributed by atoms with Crippen molar-refractivity contribution in [2.24, 2.45) is 0 Å². The summed E-state index contributed by atoms with van der Waals surface area (Å²) in [7, 11) is 3.25. The van der Waals surface area contributed by atoms with Crippen molar-refractivity contribution in [2.45, 2.75) is 30.6 Å². The van der Waals surface area contributed by atoms with E-state index in [4.69, 9.17) is 27.9 Å². The number of amides is 4. The second kappa shape index (κ2) is 15.1. The van der Waals surface area contributed by atoms with E-state index >= 15 is 0 Å². The minimum atomic E-state index is -0.614. The highest BCUT2D eigenvalue weighted by atomic mass is 79.9. The minimum Gasteiger partial charge on any atom is -0.507 e. The molecule has 0 bridgehead atoms. The van der Waals surface area contributed by atoms with E-state index in [1.165, 1.54) is 9.80 Å². The Morgan fingerprint density at radius 2 is 1.41 bits per heavy atom. The molecule has 2 aliphatic rings. The fraction of sp³-hybridized carbons (Fsp3) is 0.316. The first kappa shape index (κ1) is 36.5. The van der Waals surface area contributed by atoms with Crippen LogP contribution in [0.3, 0.4) is 0 Å². The Labute approximate surface area is 314 Å². The van der Waals surface area contributed by atoms with E-state index in [0.717, 1.165) is 21.9 Å². The maximum Gasteiger partial charge on any atom is 0.415 e. The number of halogens is 3. The van der Waals surface area contributed by atoms with Gasteiger partial charge < -0.3 is 29.4 Å². The first-order valence-corrected chi connectivity index (χ1v) is 18.5. The maximum absolute atomic E-state index is 13.8. The molecule has 10 nitrogen and oxygen atoms in total. The van der Waals surface area contributed by atoms with Gasteiger partial charge in [-0.25, -0.2) is 4.79 Å². The Hall–Kier alpha value is -4.32. The van der Waals surface area contributed by atoms with E-state index in [2.05, 4.69) is 22.5 Å². The molecule has 0 fully saturated rings. The van der Waals surface area contributed by atoms with Gasteiger partial charge in [-0.05, 0) is 22.8 Å². The zero-order valence-corrected chi connectivity index (χ0v) is 31.3. The van der Waals surface area contributed by atoms with Crippen molar-refractivity contribution in [3.63, 3.8) is 0 Å². The number of likely N-dealkylation sites (N-methyl/N-ethyl adjacent to an activating group) is 2. The number of alkyl halides is 2. The molecule has 266 valence electrons. The number of hydrogen-bond donors (Lipinski definition) is 1. The van der Waals surface area contributed by atoms with Crippen LogP contribution in [0.4, 0.5) is 16.2 Å². The van der Waals surface area contributed by atoms with Crippen LogP contribution < -0.4 is 14.5 Å². The first-order valence-electron chi connectivity index (χ1n) is 16.5. The number of phenolic OH excluding ortho intramolecular Hbond substituents is 1. The van der Waals surface area contributed by atoms with Gasteiger partial charge in [0.1, 0.15) is 11.5 Å². The van der Waals surface area contributed by atoms with Crippen LogP contribution in [0.25, 0.3) is 21.5 Å². The molecule has 0 radical (unpaired) electrons. The van der Waals surface area contributed by atoms with Crippen molar-refractivity contribution < 1.29 is 29.0 Å². The van der Waals surface area contributed by atoms with Crippen LogP contribution in [0.2, 0.25) is 0 Å². The Morgan fingerprint density at radius 3 is 2.04 bits per heavy atom. The number of rotatable bonds is 10. The molecule has 2 atom stereocenters. The van der Waals surface area contributed by atoms with Gasteiger partial charge in [-0.3, -0.25) is 14.4 Å². The monoisotopic (exact) mass is 794 g/mol. The van der Waals surface area contributed by atoms with Gasteiger partial charge in [0.2, 0.25) is 17.7 Å². The Kier molecular flexibility index (Phi) is 10.8. The normalized spacial score (nSPS) is 16.3. The quantitative estimate of drug-likeness (QED) is 0.165. The molecule has 0 aliphatic carbocycles. The number of benzene rings is 4. The summed E-state index contributed by atoms with van der Waals surface area (Å²) in [4.78, 5) is 58.6. The lowest BCUT2D eigenvalue weighted by molar-refractivity contribution is -0.127. The number of fused-ring (bicyclic) bond motifs is 6. The molecular weight excluding hydrogens is 759 g/mol. The molecule has 51 heavy (non-hydrogen) atoms. The molecule has 0 saturated carbocycles. The number of nitrogens with zero attached hydrogens (tertiary/aromatic N) is 4. The van der Waals surface area contributed by atoms with E-state index in [0.29, 0.717) is 33.7 Å². The van der Waals surface area contributed by atoms with Crippen LogP contribution in [0.15, 0.2) is 72.3 Å². The first-order chi connectivity index (χ1) is 24.4. The van der Waals surface area contributed by atoms with Gasteiger partial charge in [-0.1, -0.05) is 82.6 Å². The predicted molar refractivity (Wildman–Crippen MR) is 205 cm³/mol. The molecule has 13 heteroatoms. The average Bonchev–Trinajstić information content (AvgIpc) is 3.68. The standard InChI is InChI=1S/C38H37BrCl2N4O6/c1-22(40)27-20-44(33(47)13-8-14-34(48)45-21-28(41)37-25-11-6-4-9-23(25)31(46)17-29(37)45)30-18-32(24-10-5-7-12-26(24)36(27)30)51-38(50)43(3)16-15-42(2)35(49)19-39/h4-7,9-12,17-18,27-28,46H,1,8,13-16,19-21H2,2-3H3/t27-,28+/m0/s1. The molecule has 0 saturated heterocycles. The van der Waals surface area contributed by atoms with E-state index in [1.54, 1.807) is 36.0 Å². The number of aromatic hydroxyl groups is 1. The van der Waals surface area contributed by atoms with Crippen LogP contribution in [0.5, 0.6) is 11.5 Å². The minimum absolute atomic E-state index is 0.0739. The van der Waals surface area contributed by atoms with Crippen LogP contribution in [-0.4, -0.2) is 84.3 Å². The van der Waals surface area contributed by atoms with Crippen LogP contribution in [0, 0.1) is 0 Å². The molecule has 0 spiro atoms. The largest absolute Gasteiger partial charge is 0.507 e. The van der Waals surface area contributed by atoms with Gasteiger partial charge in [0.25, 0.3) is 0 Å². The van der Waals surface area contributed by atoms with E-state index in [1.807, 2.05) is 48.5 Å². The van der Waals surface area contributed by atoms with E-state index in [9.17, 15) is 24.3 Å². The van der Waals surface area contributed by atoms with Gasteiger partial charge >= 0.3 is 6.09 Å². The summed E-state index contributed by atoms with van der Waals surface area (Å²) >= 11 is 16.4. The van der Waals surface area contributed by atoms with Gasteiger partial charge in [0, 0.05) is 92.5 Å². The van der Waals surface area contributed by atoms with Gasteiger partial charge in [0.05, 0.1) is 22.1 Å². The van der Waals surface area contributed by atoms with E-state index < -0.39 is 11.5 Å². The Balaban J connectivity index is 1.19. The summed E-state index contributed by atoms with van der Waals surface area (Å²) < 4.78 is 5.90. The third kappa shape index (κ3) is 7.11. The smallest absolute Gasteiger partial charge is 0.415 e. The Bertz CT molecular complexity index is 2080. The van der Waals surface area contributed by atoms with E-state index in [-0.39, 0.29) is 79.4 Å². The summed E-state index contributed by atoms with van der Waals surface area (Å²) in [5, 5.41) is 13.7. The average molecular weight is 797 g/mol. The summed E-state index contributed by atoms with van der Waals surface area (Å²) in [5.41, 5.74) is 2.76. The van der Waals surface area contributed by atoms with Crippen LogP contribution in [-0.2, 0) is 14.4 Å². The van der Waals surface area contributed by atoms with Crippen molar-refractivity contribution in [2.75, 3.05) is 55.4 Å². The topological polar surface area (TPSA) is 111 Å². The molecule has 4 amide bonds. The second-order valence-electron chi connectivity index (χ2n) is 12.8. The van der Waals surface area contributed by atoms with Crippen molar-refractivity contribution in [3.8, 4) is 11.5 Å². The lowest BCUT2D eigenvalue weighted by Gasteiger charge is -2.23. The maximum atomic E-state index is 13.8. The van der Waals surface area contributed by atoms with Gasteiger partial charge in [-0.2, -0.15) is 0 Å². The number of hydrogen-bond acceptors (Lipinski definition) is 6. The molecule has 6 rings (SSSR count). The third-order valence-corrected chi connectivity index (χ3v) is 10.7. The molecule has 2 heterocycles. The zero-order chi connectivity index (χ0) is 36.6. The molecule has 1 N–H and O–H groups in total. The number of ether oxygens (including phenoxy) is 1. The SMILES string of the molecule is C=C(Cl)[C@@H]1CN(C(=O)CCCC(=O)N2C[C@@H](Cl)c3c2cc(O)c2ccccc32)c2cc(OC(=O)N(C)CCN(C)C(=O)CBr)c3ccccc3c21. The highest BCUT2D eigenvalue weighted by molar-refractivity contribution is 9.09. The molecule has 4 aromatic carbocycles. The predicted octanol–water partition coefficient (Wildman–Crippen LogP) is 7.66. The molecule has 0 aromatic heterocycles. The fourth-order valence-corrected chi connectivity index (χ4v) is 7.82. The highest BCUT2D eigenvalue weighted by Gasteiger charge is 2.37. The third-order valence-electron chi connectivity index (χ3n) is 9.60. The van der Waals surface area contributed by atoms with Crippen molar-refractivity contribution in [1.29, 1.82) is 0 Å². The summed E-state index contributed by atoms with van der Waals surface area (Å²) in [6.45, 7) is 5.08. The molecule has 4 aromatic rings. The Morgan fingerprint density at radius 1 is 0.863 bits per heavy atom. The molecular formula is C38H37BrCl2N4O6. The second-order valence-corrected chi connectivity index (χ2v) is 14.4. The summed E-state index contributed by atoms with van der Waals surface area (Å²) in [6, 6.07) is 18.1. The fourth-order valence-electron chi connectivity index (χ4n) is 6.84. The zero-order valence-electron chi connectivity index (χ0n) is 28.2. The highest BCUT2D eigenvalue weighted by Crippen LogP contribution is 2.49. The van der Waals surface area contributed by atoms with Crippen LogP contribution >= 0.6 is 39.1 Å². The number of carbonyl (C=O) groups excluding carboxylic acids is 4. The van der Waals surface area contributed by atoms with Gasteiger partial charge in [0.15, 0.2) is 0 Å². The summed E-state index contributed by atoms with van der Waals surface area (Å²) in [6.07, 6.45) is -0.165. The number of carbonyl (C=O) groups is 4. The lowest BCUT2D eigenvalue weighted by atomic mass is 9.94. The van der Waals surface area contributed by atoms with Crippen molar-refractivity contribution in [3.05, 3.63) is 83.4 Å². The lowest BCUT2D eigenvalue weighted by Crippen LogP contribution is -2.38. The van der Waals surface area contributed by atoms with Crippen LogP contribution in [0.1, 0.15) is 41.7 Å². The number of phenols is 1. The molecule has 2 aliphatic heterocycles. The summed E-state index contributed by atoms with van der Waals surface area (Å²) in [5.74, 6) is -0.525. The van der Waals surface area contributed by atoms with Gasteiger partial charge in [-0.15, -0.1) is 11.6 Å².